The normalized spacial score (nSPS) is 32.3. The van der Waals surface area contributed by atoms with Gasteiger partial charge in [0, 0.05) is 4.48 Å². The van der Waals surface area contributed by atoms with Crippen LogP contribution in [0, 0.1) is 5.92 Å². The van der Waals surface area contributed by atoms with Crippen molar-refractivity contribution in [1.82, 2.24) is 0 Å². The molecule has 0 heterocycles. The monoisotopic (exact) mass is 270 g/mol. The smallest absolute Gasteiger partial charge is 0.338 e. The van der Waals surface area contributed by atoms with Crippen LogP contribution in [0.2, 0.25) is 0 Å². The van der Waals surface area contributed by atoms with Crippen molar-refractivity contribution < 1.29 is 9.53 Å². The summed E-state index contributed by atoms with van der Waals surface area (Å²) in [7, 11) is 1.40. The topological polar surface area (TPSA) is 26.3 Å². The van der Waals surface area contributed by atoms with Crippen molar-refractivity contribution in [2.24, 2.45) is 5.92 Å². The van der Waals surface area contributed by atoms with Crippen LogP contribution in [0.3, 0.4) is 0 Å². The zero-order valence-electron chi connectivity index (χ0n) is 9.21. The summed E-state index contributed by atoms with van der Waals surface area (Å²) in [5.74, 6) is 0.0350. The molecule has 0 radical (unpaired) electrons. The van der Waals surface area contributed by atoms with Gasteiger partial charge < -0.3 is 4.74 Å². The van der Waals surface area contributed by atoms with E-state index in [1.807, 2.05) is 12.2 Å². The Balaban J connectivity index is 3.06. The van der Waals surface area contributed by atoms with Crippen molar-refractivity contribution in [3.05, 3.63) is 33.9 Å². The summed E-state index contributed by atoms with van der Waals surface area (Å²) in [6.07, 6.45) is 6.87. The van der Waals surface area contributed by atoms with E-state index in [1.165, 1.54) is 12.7 Å². The van der Waals surface area contributed by atoms with Gasteiger partial charge in [0.25, 0.3) is 0 Å². The summed E-state index contributed by atoms with van der Waals surface area (Å²) >= 11 is 3.40. The molecule has 0 N–H and O–H groups in total. The SMILES string of the molecule is COC(=O)C1=C/C/C(C)=C/C(C)/C=C\1Br. The zero-order chi connectivity index (χ0) is 11.4. The van der Waals surface area contributed by atoms with Crippen LogP contribution in [0.4, 0.5) is 0 Å². The number of hydrogen-bond donors (Lipinski definition) is 0. The zero-order valence-corrected chi connectivity index (χ0v) is 10.8. The third-order valence-corrected chi connectivity index (χ3v) is 2.94. The van der Waals surface area contributed by atoms with E-state index in [1.54, 1.807) is 0 Å². The molecule has 0 amide bonds. The lowest BCUT2D eigenvalue weighted by atomic mass is 10.00. The minimum absolute atomic E-state index is 0.292. The highest BCUT2D eigenvalue weighted by Crippen LogP contribution is 2.25. The molecule has 0 saturated heterocycles. The Morgan fingerprint density at radius 2 is 2.20 bits per heavy atom. The maximum absolute atomic E-state index is 11.5. The lowest BCUT2D eigenvalue weighted by Gasteiger charge is -2.11. The highest BCUT2D eigenvalue weighted by molar-refractivity contribution is 9.12. The molecule has 0 aromatic carbocycles. The minimum Gasteiger partial charge on any atom is -0.465 e. The summed E-state index contributed by atoms with van der Waals surface area (Å²) < 4.78 is 5.54. The standard InChI is InChI=1S/C12H15BrO2/c1-8-4-5-10(12(14)15-3)11(13)7-9(2)6-8/h5-7,9H,4H2,1-3H3/b8-6+,10-5+,11-7+. The lowest BCUT2D eigenvalue weighted by Crippen LogP contribution is -2.07. The van der Waals surface area contributed by atoms with Crippen LogP contribution in [0.15, 0.2) is 33.9 Å². The predicted octanol–water partition coefficient (Wildman–Crippen LogP) is 3.35. The molecule has 0 aliphatic heterocycles. The van der Waals surface area contributed by atoms with Gasteiger partial charge in [0.15, 0.2) is 0 Å². The van der Waals surface area contributed by atoms with Crippen molar-refractivity contribution in [3.8, 4) is 0 Å². The van der Waals surface area contributed by atoms with Crippen LogP contribution in [-0.4, -0.2) is 13.1 Å². The van der Waals surface area contributed by atoms with Gasteiger partial charge in [-0.15, -0.1) is 0 Å². The van der Waals surface area contributed by atoms with Crippen molar-refractivity contribution in [2.75, 3.05) is 7.11 Å². The molecule has 0 spiro atoms. The number of halogens is 1. The summed E-state index contributed by atoms with van der Waals surface area (Å²) in [5, 5.41) is 0. The maximum atomic E-state index is 11.5. The van der Waals surface area contributed by atoms with Gasteiger partial charge in [0.05, 0.1) is 12.7 Å². The van der Waals surface area contributed by atoms with Gasteiger partial charge in [-0.25, -0.2) is 4.79 Å². The molecule has 0 bridgehead atoms. The largest absolute Gasteiger partial charge is 0.465 e. The molecular formula is C12H15BrO2. The second-order valence-corrected chi connectivity index (χ2v) is 4.55. The van der Waals surface area contributed by atoms with E-state index in [2.05, 4.69) is 35.9 Å². The van der Waals surface area contributed by atoms with E-state index in [-0.39, 0.29) is 5.97 Å². The second kappa shape index (κ2) is 5.31. The first-order chi connectivity index (χ1) is 7.04. The molecule has 0 aromatic rings. The molecule has 15 heavy (non-hydrogen) atoms. The summed E-state index contributed by atoms with van der Waals surface area (Å²) in [4.78, 5) is 11.5. The van der Waals surface area contributed by atoms with Crippen LogP contribution in [0.1, 0.15) is 20.3 Å². The Labute approximate surface area is 98.8 Å². The third-order valence-electron chi connectivity index (χ3n) is 2.25. The summed E-state index contributed by atoms with van der Waals surface area (Å²) in [6, 6.07) is 0. The van der Waals surface area contributed by atoms with Crippen LogP contribution >= 0.6 is 15.9 Å². The first kappa shape index (κ1) is 12.2. The van der Waals surface area contributed by atoms with E-state index in [9.17, 15) is 4.79 Å². The first-order valence-corrected chi connectivity index (χ1v) is 5.67. The molecule has 1 unspecified atom stereocenters. The fraction of sp³-hybridized carbons (Fsp3) is 0.417. The number of allylic oxidation sites excluding steroid dienone is 4. The predicted molar refractivity (Wildman–Crippen MR) is 64.6 cm³/mol. The Kier molecular flexibility index (Phi) is 4.33. The molecule has 1 aliphatic carbocycles. The number of esters is 1. The molecule has 0 aromatic heterocycles. The number of carbonyl (C=O) groups excluding carboxylic acids is 1. The van der Waals surface area contributed by atoms with Gasteiger partial charge >= 0.3 is 5.97 Å². The van der Waals surface area contributed by atoms with Crippen molar-refractivity contribution in [2.45, 2.75) is 20.3 Å². The molecular weight excluding hydrogens is 256 g/mol. The van der Waals surface area contributed by atoms with Crippen molar-refractivity contribution in [3.63, 3.8) is 0 Å². The van der Waals surface area contributed by atoms with Gasteiger partial charge in [0.1, 0.15) is 0 Å². The van der Waals surface area contributed by atoms with Gasteiger partial charge in [0.2, 0.25) is 0 Å². The van der Waals surface area contributed by atoms with Crippen LogP contribution in [-0.2, 0) is 9.53 Å². The Morgan fingerprint density at radius 3 is 2.80 bits per heavy atom. The highest BCUT2D eigenvalue weighted by atomic mass is 79.9. The Morgan fingerprint density at radius 1 is 1.53 bits per heavy atom. The molecule has 0 saturated carbocycles. The number of methoxy groups -OCH3 is 1. The van der Waals surface area contributed by atoms with Crippen LogP contribution in [0.25, 0.3) is 0 Å². The second-order valence-electron chi connectivity index (χ2n) is 3.70. The Hall–Kier alpha value is -0.830. The Bertz CT molecular complexity index is 351. The van der Waals surface area contributed by atoms with Gasteiger partial charge in [-0.05, 0) is 19.3 Å². The average molecular weight is 271 g/mol. The summed E-state index contributed by atoms with van der Waals surface area (Å²) in [5.41, 5.74) is 1.87. The number of ether oxygens (including phenoxy) is 1. The van der Waals surface area contributed by atoms with E-state index in [0.717, 1.165) is 10.9 Å². The van der Waals surface area contributed by atoms with Gasteiger partial charge in [-0.1, -0.05) is 46.7 Å². The summed E-state index contributed by atoms with van der Waals surface area (Å²) in [6.45, 7) is 4.15. The van der Waals surface area contributed by atoms with Crippen molar-refractivity contribution >= 4 is 21.9 Å². The average Bonchev–Trinajstić information content (AvgIpc) is 2.15. The number of hydrogen-bond acceptors (Lipinski definition) is 2. The minimum atomic E-state index is -0.292. The highest BCUT2D eigenvalue weighted by Gasteiger charge is 2.14. The first-order valence-electron chi connectivity index (χ1n) is 4.88. The van der Waals surface area contributed by atoms with E-state index in [4.69, 9.17) is 4.74 Å². The molecule has 82 valence electrons. The molecule has 1 rings (SSSR count). The third kappa shape index (κ3) is 3.34. The quantitative estimate of drug-likeness (QED) is 0.540. The number of carbonyl (C=O) groups is 1. The van der Waals surface area contributed by atoms with Gasteiger partial charge in [-0.2, -0.15) is 0 Å². The fourth-order valence-corrected chi connectivity index (χ4v) is 2.28. The number of rotatable bonds is 1. The molecule has 3 heteroatoms. The van der Waals surface area contributed by atoms with E-state index in [0.29, 0.717) is 11.5 Å². The fourth-order valence-electron chi connectivity index (χ4n) is 1.54. The van der Waals surface area contributed by atoms with Crippen LogP contribution < -0.4 is 0 Å². The van der Waals surface area contributed by atoms with E-state index < -0.39 is 0 Å². The molecule has 0 fully saturated rings. The maximum Gasteiger partial charge on any atom is 0.338 e. The lowest BCUT2D eigenvalue weighted by molar-refractivity contribution is -0.135. The molecule has 1 aliphatic rings. The van der Waals surface area contributed by atoms with Crippen molar-refractivity contribution in [1.29, 1.82) is 0 Å². The van der Waals surface area contributed by atoms with E-state index >= 15 is 0 Å². The molecule has 1 atom stereocenters. The van der Waals surface area contributed by atoms with Crippen LogP contribution in [0.5, 0.6) is 0 Å². The molecule has 2 nitrogen and oxygen atoms in total. The van der Waals surface area contributed by atoms with Gasteiger partial charge in [-0.3, -0.25) is 0 Å².